The third kappa shape index (κ3) is 2.98. The van der Waals surface area contributed by atoms with Gasteiger partial charge in [-0.15, -0.1) is 0 Å². The van der Waals surface area contributed by atoms with Crippen molar-refractivity contribution in [3.05, 3.63) is 58.0 Å². The molecular formula is C15H14N2O5. The van der Waals surface area contributed by atoms with E-state index in [1.54, 1.807) is 6.92 Å². The number of hydrogen-bond acceptors (Lipinski definition) is 4. The van der Waals surface area contributed by atoms with E-state index in [-0.39, 0.29) is 17.0 Å². The van der Waals surface area contributed by atoms with Crippen LogP contribution >= 0.6 is 0 Å². The molecule has 1 aromatic carbocycles. The van der Waals surface area contributed by atoms with E-state index in [9.17, 15) is 24.6 Å². The van der Waals surface area contributed by atoms with Crippen LogP contribution in [0.25, 0.3) is 0 Å². The number of pyridine rings is 1. The van der Waals surface area contributed by atoms with Crippen LogP contribution in [0.3, 0.4) is 0 Å². The number of rotatable bonds is 5. The Bertz CT molecular complexity index is 751. The van der Waals surface area contributed by atoms with Gasteiger partial charge in [0.25, 0.3) is 0 Å². The number of carboxylic acids is 1. The number of nitrogens with one attached hydrogen (secondary N) is 1. The molecule has 114 valence electrons. The number of carbonyl (C=O) groups is 2. The average molecular weight is 302 g/mol. The second-order valence-corrected chi connectivity index (χ2v) is 4.71. The van der Waals surface area contributed by atoms with Crippen LogP contribution in [0.4, 0.5) is 5.69 Å². The largest absolute Gasteiger partial charge is 0.508 e. The van der Waals surface area contributed by atoms with Gasteiger partial charge < -0.3 is 15.2 Å². The summed E-state index contributed by atoms with van der Waals surface area (Å²) in [5.41, 5.74) is 0.322. The summed E-state index contributed by atoms with van der Waals surface area (Å²) in [5, 5.41) is 18.7. The Morgan fingerprint density at radius 2 is 1.95 bits per heavy atom. The first-order valence-corrected chi connectivity index (χ1v) is 6.38. The van der Waals surface area contributed by atoms with Crippen LogP contribution in [0.15, 0.2) is 41.3 Å². The van der Waals surface area contributed by atoms with Gasteiger partial charge in [-0.1, -0.05) is 12.1 Å². The summed E-state index contributed by atoms with van der Waals surface area (Å²) in [7, 11) is 0. The molecule has 0 unspecified atom stereocenters. The molecule has 3 N–H and O–H groups in total. The molecule has 0 saturated carbocycles. The fourth-order valence-electron chi connectivity index (χ4n) is 2.10. The van der Waals surface area contributed by atoms with E-state index >= 15 is 0 Å². The molecule has 2 aromatic rings. The first-order valence-electron chi connectivity index (χ1n) is 6.38. The quantitative estimate of drug-likeness (QED) is 0.718. The van der Waals surface area contributed by atoms with E-state index in [1.165, 1.54) is 36.5 Å². The molecule has 2 rings (SSSR count). The van der Waals surface area contributed by atoms with Gasteiger partial charge in [-0.25, -0.2) is 4.79 Å². The number of carbonyl (C=O) groups excluding carboxylic acids is 1. The third-order valence-electron chi connectivity index (χ3n) is 3.15. The number of aliphatic carboxylic acids is 1. The van der Waals surface area contributed by atoms with Gasteiger partial charge in [0.1, 0.15) is 11.4 Å². The maximum atomic E-state index is 12.0. The maximum Gasteiger partial charge on any atom is 0.331 e. The highest BCUT2D eigenvalue weighted by atomic mass is 16.4. The van der Waals surface area contributed by atoms with Gasteiger partial charge in [-0.05, 0) is 24.6 Å². The lowest BCUT2D eigenvalue weighted by atomic mass is 10.0. The minimum Gasteiger partial charge on any atom is -0.508 e. The van der Waals surface area contributed by atoms with Crippen molar-refractivity contribution in [2.75, 3.05) is 4.90 Å². The highest BCUT2D eigenvalue weighted by Gasteiger charge is 2.29. The zero-order valence-corrected chi connectivity index (χ0v) is 11.7. The van der Waals surface area contributed by atoms with Crippen molar-refractivity contribution in [3.63, 3.8) is 0 Å². The number of anilines is 1. The van der Waals surface area contributed by atoms with E-state index in [2.05, 4.69) is 4.98 Å². The third-order valence-corrected chi connectivity index (χ3v) is 3.15. The number of aryl methyl sites for hydroxylation is 1. The van der Waals surface area contributed by atoms with E-state index in [0.29, 0.717) is 12.1 Å². The number of aromatic amines is 1. The number of aromatic nitrogens is 1. The van der Waals surface area contributed by atoms with E-state index in [1.807, 2.05) is 0 Å². The number of benzene rings is 1. The van der Waals surface area contributed by atoms with Gasteiger partial charge in [0.05, 0.1) is 0 Å². The highest BCUT2D eigenvalue weighted by Crippen LogP contribution is 2.25. The van der Waals surface area contributed by atoms with Crippen LogP contribution in [0.2, 0.25) is 0 Å². The van der Waals surface area contributed by atoms with Crippen molar-refractivity contribution in [1.82, 2.24) is 4.98 Å². The number of nitrogens with zero attached hydrogens (tertiary/aromatic N) is 1. The Hall–Kier alpha value is -3.09. The molecule has 1 heterocycles. The molecule has 7 nitrogen and oxygen atoms in total. The lowest BCUT2D eigenvalue weighted by Crippen LogP contribution is -2.36. The minimum absolute atomic E-state index is 0.0290. The number of hydrogen-bond donors (Lipinski definition) is 3. The molecule has 22 heavy (non-hydrogen) atoms. The molecule has 0 radical (unpaired) electrons. The highest BCUT2D eigenvalue weighted by molar-refractivity contribution is 5.89. The molecule has 7 heteroatoms. The zero-order chi connectivity index (χ0) is 16.3. The first-order chi connectivity index (χ1) is 10.4. The van der Waals surface area contributed by atoms with Gasteiger partial charge in [-0.2, -0.15) is 0 Å². The number of H-pyrrole nitrogens is 1. The van der Waals surface area contributed by atoms with Crippen LogP contribution < -0.4 is 10.3 Å². The molecule has 1 amide bonds. The van der Waals surface area contributed by atoms with Crippen LogP contribution in [0.1, 0.15) is 17.3 Å². The predicted molar refractivity (Wildman–Crippen MR) is 78.8 cm³/mol. The fourth-order valence-corrected chi connectivity index (χ4v) is 2.10. The van der Waals surface area contributed by atoms with Crippen molar-refractivity contribution < 1.29 is 19.8 Å². The standard InChI is InChI=1S/C15H14N2O5/c1-9-6-13(20)12(7-16-9)17(8-18)14(15(21)22)10-2-4-11(19)5-3-10/h2-8,14,19H,1H3,(H,16,20)(H,21,22)/t14-/m1/s1. The molecule has 0 fully saturated rings. The molecule has 0 spiro atoms. The number of carboxylic acid groups (broad SMARTS) is 1. The summed E-state index contributed by atoms with van der Waals surface area (Å²) in [6.07, 6.45) is 1.59. The number of aromatic hydroxyl groups is 1. The Morgan fingerprint density at radius 3 is 2.45 bits per heavy atom. The summed E-state index contributed by atoms with van der Waals surface area (Å²) in [6.45, 7) is 1.67. The second-order valence-electron chi connectivity index (χ2n) is 4.71. The van der Waals surface area contributed by atoms with Crippen molar-refractivity contribution in [2.45, 2.75) is 13.0 Å². The number of amides is 1. The normalized spacial score (nSPS) is 11.7. The molecule has 0 aliphatic carbocycles. The summed E-state index contributed by atoms with van der Waals surface area (Å²) < 4.78 is 0. The molecule has 1 atom stereocenters. The van der Waals surface area contributed by atoms with E-state index in [4.69, 9.17) is 0 Å². The van der Waals surface area contributed by atoms with Crippen molar-refractivity contribution in [1.29, 1.82) is 0 Å². The SMILES string of the molecule is Cc1cc(=O)c(N(C=O)[C@@H](C(=O)O)c2ccc(O)cc2)c[nH]1. The summed E-state index contributed by atoms with van der Waals surface area (Å²) in [4.78, 5) is 38.6. The summed E-state index contributed by atoms with van der Waals surface area (Å²) in [5.74, 6) is -1.32. The smallest absolute Gasteiger partial charge is 0.331 e. The Balaban J connectivity index is 2.53. The lowest BCUT2D eigenvalue weighted by molar-refractivity contribution is -0.139. The van der Waals surface area contributed by atoms with Crippen molar-refractivity contribution in [2.24, 2.45) is 0 Å². The lowest BCUT2D eigenvalue weighted by Gasteiger charge is -2.24. The molecule has 0 aliphatic rings. The predicted octanol–water partition coefficient (Wildman–Crippen LogP) is 1.18. The number of phenols is 1. The zero-order valence-electron chi connectivity index (χ0n) is 11.7. The topological polar surface area (TPSA) is 111 Å². The fraction of sp³-hybridized carbons (Fsp3) is 0.133. The Kier molecular flexibility index (Phi) is 4.26. The van der Waals surface area contributed by atoms with Gasteiger partial charge in [0, 0.05) is 18.0 Å². The van der Waals surface area contributed by atoms with Crippen molar-refractivity contribution in [3.8, 4) is 5.75 Å². The van der Waals surface area contributed by atoms with Gasteiger partial charge in [-0.3, -0.25) is 14.5 Å². The average Bonchev–Trinajstić information content (AvgIpc) is 2.46. The maximum absolute atomic E-state index is 12.0. The molecular weight excluding hydrogens is 288 g/mol. The summed E-state index contributed by atoms with van der Waals surface area (Å²) in [6, 6.07) is 5.30. The van der Waals surface area contributed by atoms with Crippen LogP contribution in [0.5, 0.6) is 5.75 Å². The van der Waals surface area contributed by atoms with Crippen LogP contribution in [-0.2, 0) is 9.59 Å². The van der Waals surface area contributed by atoms with Gasteiger partial charge in [0.2, 0.25) is 11.8 Å². The van der Waals surface area contributed by atoms with E-state index in [0.717, 1.165) is 4.90 Å². The monoisotopic (exact) mass is 302 g/mol. The molecule has 0 aliphatic heterocycles. The Labute approximate surface area is 125 Å². The summed E-state index contributed by atoms with van der Waals surface area (Å²) >= 11 is 0. The van der Waals surface area contributed by atoms with E-state index < -0.39 is 17.4 Å². The van der Waals surface area contributed by atoms with Gasteiger partial charge in [0.15, 0.2) is 6.04 Å². The Morgan fingerprint density at radius 1 is 1.32 bits per heavy atom. The van der Waals surface area contributed by atoms with Crippen LogP contribution in [-0.4, -0.2) is 27.6 Å². The van der Waals surface area contributed by atoms with Gasteiger partial charge >= 0.3 is 5.97 Å². The number of phenolic OH excluding ortho intramolecular Hbond substituents is 1. The molecule has 0 bridgehead atoms. The second kappa shape index (κ2) is 6.13. The van der Waals surface area contributed by atoms with Crippen molar-refractivity contribution >= 4 is 18.1 Å². The molecule has 0 saturated heterocycles. The van der Waals surface area contributed by atoms with Crippen LogP contribution in [0, 0.1) is 6.92 Å². The molecule has 1 aromatic heterocycles. The first kappa shape index (κ1) is 15.3. The minimum atomic E-state index is -1.37.